The van der Waals surface area contributed by atoms with Crippen molar-refractivity contribution in [3.8, 4) is 45.0 Å². The molecule has 63 heavy (non-hydrogen) atoms. The van der Waals surface area contributed by atoms with E-state index < -0.39 is 0 Å². The lowest BCUT2D eigenvalue weighted by atomic mass is 9.34. The zero-order chi connectivity index (χ0) is 41.2. The normalized spacial score (nSPS) is 16.1. The zero-order valence-corrected chi connectivity index (χ0v) is 35.5. The Morgan fingerprint density at radius 1 is 0.429 bits per heavy atom. The standard InChI is InChI=1S/C58H47BN4/c1-5-14-36(15-6-1)40-22-28-49-45(32-40)53-43(38-18-9-3-10-19-38)24-26-47-56(53)62(49)51-34-42(58-60-30-13-31-61-58)35-52-55(51)59(47)48-27-25-44(39-20-11-4-12-21-39)54-46-33-41(37-16-7-2-8-17-37)23-29-50(46)63(52)57(48)54/h1-2,5-8,13-17,22-35,38-39H,3-4,9-12,18-21H2. The highest BCUT2D eigenvalue weighted by Gasteiger charge is 2.43. The van der Waals surface area contributed by atoms with Crippen molar-refractivity contribution in [2.75, 3.05) is 0 Å². The predicted molar refractivity (Wildman–Crippen MR) is 263 cm³/mol. The largest absolute Gasteiger partial charge is 0.310 e. The van der Waals surface area contributed by atoms with Gasteiger partial charge >= 0.3 is 0 Å². The van der Waals surface area contributed by atoms with Crippen LogP contribution < -0.4 is 16.4 Å². The predicted octanol–water partition coefficient (Wildman–Crippen LogP) is 12.9. The molecule has 3 aromatic heterocycles. The van der Waals surface area contributed by atoms with Crippen molar-refractivity contribution in [1.29, 1.82) is 0 Å². The van der Waals surface area contributed by atoms with Gasteiger partial charge in [0.15, 0.2) is 5.82 Å². The zero-order valence-electron chi connectivity index (χ0n) is 35.5. The van der Waals surface area contributed by atoms with Crippen LogP contribution in [0.5, 0.6) is 0 Å². The molecule has 7 aromatic carbocycles. The van der Waals surface area contributed by atoms with Gasteiger partial charge in [-0.2, -0.15) is 0 Å². The van der Waals surface area contributed by atoms with Gasteiger partial charge in [-0.25, -0.2) is 9.97 Å². The second-order valence-electron chi connectivity index (χ2n) is 18.9. The van der Waals surface area contributed by atoms with E-state index in [4.69, 9.17) is 9.97 Å². The first-order valence-electron chi connectivity index (χ1n) is 23.6. The molecule has 302 valence electrons. The molecule has 0 radical (unpaired) electrons. The van der Waals surface area contributed by atoms with Crippen molar-refractivity contribution in [2.45, 2.75) is 76.0 Å². The Morgan fingerprint density at radius 3 is 1.38 bits per heavy atom. The van der Waals surface area contributed by atoms with Crippen molar-refractivity contribution in [3.05, 3.63) is 163 Å². The lowest BCUT2D eigenvalue weighted by molar-refractivity contribution is 0.445. The van der Waals surface area contributed by atoms with Crippen LogP contribution in [0.25, 0.3) is 88.6 Å². The smallest absolute Gasteiger partial charge is 0.252 e. The van der Waals surface area contributed by atoms with E-state index in [0.717, 1.165) is 11.4 Å². The maximum absolute atomic E-state index is 4.91. The van der Waals surface area contributed by atoms with Gasteiger partial charge in [-0.1, -0.05) is 136 Å². The second-order valence-corrected chi connectivity index (χ2v) is 18.9. The van der Waals surface area contributed by atoms with E-state index in [1.54, 1.807) is 0 Å². The van der Waals surface area contributed by atoms with E-state index in [0.29, 0.717) is 11.8 Å². The summed E-state index contributed by atoms with van der Waals surface area (Å²) in [6.07, 6.45) is 16.7. The monoisotopic (exact) mass is 810 g/mol. The van der Waals surface area contributed by atoms with E-state index in [-0.39, 0.29) is 6.71 Å². The molecular formula is C58H47BN4. The molecule has 5 heterocycles. The molecule has 0 bridgehead atoms. The number of fused-ring (bicyclic) bond motifs is 10. The van der Waals surface area contributed by atoms with Gasteiger partial charge in [0.2, 0.25) is 0 Å². The van der Waals surface area contributed by atoms with Crippen molar-refractivity contribution in [3.63, 3.8) is 0 Å². The SMILES string of the molecule is c1ccc(-c2ccc3c(c2)c2c(C4CCCCC4)ccc4c2n3-c2cc(-c3ncccn3)cc3c2B4c2ccc(C4CCCCC4)c4c5cc(-c6ccccc6)ccc5n-3c24)cc1. The minimum atomic E-state index is 0.0716. The summed E-state index contributed by atoms with van der Waals surface area (Å²) in [7, 11) is 0. The van der Waals surface area contributed by atoms with Gasteiger partial charge in [-0.05, 0) is 130 Å². The summed E-state index contributed by atoms with van der Waals surface area (Å²) < 4.78 is 5.31. The van der Waals surface area contributed by atoms with Crippen LogP contribution in [-0.2, 0) is 0 Å². The van der Waals surface area contributed by atoms with Gasteiger partial charge in [0.1, 0.15) is 0 Å². The minimum absolute atomic E-state index is 0.0716. The van der Waals surface area contributed by atoms with Crippen molar-refractivity contribution >= 4 is 66.7 Å². The molecule has 5 heteroatoms. The first kappa shape index (κ1) is 35.8. The van der Waals surface area contributed by atoms with Gasteiger partial charge in [0.25, 0.3) is 6.71 Å². The molecule has 4 aliphatic rings. The van der Waals surface area contributed by atoms with E-state index in [1.807, 2.05) is 18.5 Å². The first-order valence-corrected chi connectivity index (χ1v) is 23.6. The number of hydrogen-bond acceptors (Lipinski definition) is 2. The molecule has 10 aromatic rings. The Bertz CT molecular complexity index is 3250. The fourth-order valence-electron chi connectivity index (χ4n) is 12.8. The van der Waals surface area contributed by atoms with E-state index >= 15 is 0 Å². The summed E-state index contributed by atoms with van der Waals surface area (Å²) >= 11 is 0. The molecule has 0 unspecified atom stereocenters. The molecule has 0 saturated heterocycles. The first-order chi connectivity index (χ1) is 31.3. The lowest BCUT2D eigenvalue weighted by Gasteiger charge is -2.35. The molecule has 2 aliphatic carbocycles. The van der Waals surface area contributed by atoms with Crippen LogP contribution in [0.3, 0.4) is 0 Å². The number of nitrogens with zero attached hydrogens (tertiary/aromatic N) is 4. The third-order valence-electron chi connectivity index (χ3n) is 15.6. The van der Waals surface area contributed by atoms with Crippen LogP contribution in [0.4, 0.5) is 0 Å². The van der Waals surface area contributed by atoms with E-state index in [1.165, 1.54) is 169 Å². The quantitative estimate of drug-likeness (QED) is 0.162. The fourth-order valence-corrected chi connectivity index (χ4v) is 12.8. The van der Waals surface area contributed by atoms with Crippen LogP contribution in [0.1, 0.15) is 87.2 Å². The fraction of sp³-hybridized carbons (Fsp3) is 0.207. The molecule has 0 atom stereocenters. The van der Waals surface area contributed by atoms with E-state index in [9.17, 15) is 0 Å². The van der Waals surface area contributed by atoms with Crippen molar-refractivity contribution in [2.24, 2.45) is 0 Å². The van der Waals surface area contributed by atoms with Crippen LogP contribution in [0.2, 0.25) is 0 Å². The maximum Gasteiger partial charge on any atom is 0.252 e. The number of benzene rings is 7. The summed E-state index contributed by atoms with van der Waals surface area (Å²) in [4.78, 5) is 9.82. The third kappa shape index (κ3) is 5.23. The number of rotatable bonds is 5. The molecule has 2 fully saturated rings. The topological polar surface area (TPSA) is 35.6 Å². The molecule has 4 nitrogen and oxygen atoms in total. The third-order valence-corrected chi connectivity index (χ3v) is 15.6. The maximum atomic E-state index is 4.91. The Balaban J connectivity index is 1.14. The van der Waals surface area contributed by atoms with E-state index in [2.05, 4.69) is 143 Å². The number of aromatic nitrogens is 4. The van der Waals surface area contributed by atoms with Crippen LogP contribution >= 0.6 is 0 Å². The average molecular weight is 811 g/mol. The van der Waals surface area contributed by atoms with Gasteiger partial charge < -0.3 is 9.13 Å². The highest BCUT2D eigenvalue weighted by atomic mass is 15.0. The Morgan fingerprint density at radius 2 is 0.905 bits per heavy atom. The summed E-state index contributed by atoms with van der Waals surface area (Å²) in [6.45, 7) is 0.0716. The Hall–Kier alpha value is -6.72. The Kier molecular flexibility index (Phi) is 7.90. The van der Waals surface area contributed by atoms with Crippen LogP contribution in [0.15, 0.2) is 152 Å². The molecule has 2 saturated carbocycles. The highest BCUT2D eigenvalue weighted by molar-refractivity contribution is 7.00. The summed E-state index contributed by atoms with van der Waals surface area (Å²) in [6, 6.07) is 53.4. The average Bonchev–Trinajstić information content (AvgIpc) is 3.89. The second kappa shape index (κ2) is 13.9. The van der Waals surface area contributed by atoms with Gasteiger partial charge in [0.05, 0.1) is 11.0 Å². The summed E-state index contributed by atoms with van der Waals surface area (Å²) in [5.74, 6) is 1.87. The lowest BCUT2D eigenvalue weighted by Crippen LogP contribution is -2.59. The molecular weight excluding hydrogens is 763 g/mol. The van der Waals surface area contributed by atoms with Gasteiger partial charge in [-0.15, -0.1) is 0 Å². The van der Waals surface area contributed by atoms with Crippen LogP contribution in [-0.4, -0.2) is 25.8 Å². The minimum Gasteiger partial charge on any atom is -0.310 e. The van der Waals surface area contributed by atoms with Crippen LogP contribution in [0, 0.1) is 0 Å². The number of hydrogen-bond donors (Lipinski definition) is 0. The summed E-state index contributed by atoms with van der Waals surface area (Å²) in [5.41, 5.74) is 21.2. The molecule has 0 spiro atoms. The van der Waals surface area contributed by atoms with Crippen molar-refractivity contribution in [1.82, 2.24) is 19.1 Å². The van der Waals surface area contributed by atoms with Gasteiger partial charge in [0, 0.05) is 61.9 Å². The molecule has 0 N–H and O–H groups in total. The van der Waals surface area contributed by atoms with Gasteiger partial charge in [-0.3, -0.25) is 0 Å². The molecule has 2 aliphatic heterocycles. The Labute approximate surface area is 368 Å². The molecule has 0 amide bonds. The van der Waals surface area contributed by atoms with Crippen molar-refractivity contribution < 1.29 is 0 Å². The summed E-state index contributed by atoms with van der Waals surface area (Å²) in [5, 5.41) is 5.63. The molecule has 14 rings (SSSR count). The highest BCUT2D eigenvalue weighted by Crippen LogP contribution is 2.47.